The van der Waals surface area contributed by atoms with Gasteiger partial charge in [-0.15, -0.1) is 17.4 Å². The maximum absolute atomic E-state index is 4.91. The van der Waals surface area contributed by atoms with Gasteiger partial charge in [-0.3, -0.25) is 0 Å². The van der Waals surface area contributed by atoms with Gasteiger partial charge in [-0.1, -0.05) is 30.3 Å². The van der Waals surface area contributed by atoms with Gasteiger partial charge in [0.15, 0.2) is 0 Å². The average Bonchev–Trinajstić information content (AvgIpc) is 2.05. The zero-order valence-corrected chi connectivity index (χ0v) is 8.58. The van der Waals surface area contributed by atoms with Crippen molar-refractivity contribution in [3.63, 3.8) is 0 Å². The highest BCUT2D eigenvalue weighted by molar-refractivity contribution is 5.85. The number of benzene rings is 1. The second-order valence-electron chi connectivity index (χ2n) is 2.63. The van der Waals surface area contributed by atoms with Crippen LogP contribution in [0.3, 0.4) is 0 Å². The topological polar surface area (TPSA) is 21.7 Å². The third kappa shape index (κ3) is 5.60. The second-order valence-corrected chi connectivity index (χ2v) is 2.63. The minimum atomic E-state index is 0. The van der Waals surface area contributed by atoms with E-state index in [1.807, 2.05) is 30.3 Å². The van der Waals surface area contributed by atoms with Gasteiger partial charge in [0.1, 0.15) is 6.61 Å². The molecule has 1 aromatic rings. The summed E-state index contributed by atoms with van der Waals surface area (Å²) >= 11 is 0. The van der Waals surface area contributed by atoms with Crippen molar-refractivity contribution in [2.75, 3.05) is 14.1 Å². The van der Waals surface area contributed by atoms with Crippen LogP contribution in [-0.4, -0.2) is 19.2 Å². The lowest BCUT2D eigenvalue weighted by Crippen LogP contribution is -2.12. The first-order chi connectivity index (χ1) is 5.79. The largest absolute Gasteiger partial charge is 0.213 e. The first kappa shape index (κ1) is 12.4. The molecule has 0 heterocycles. The summed E-state index contributed by atoms with van der Waals surface area (Å²) in [4.78, 5) is 9.69. The van der Waals surface area contributed by atoms with Crippen LogP contribution in [0.2, 0.25) is 0 Å². The predicted molar refractivity (Wildman–Crippen MR) is 53.3 cm³/mol. The quantitative estimate of drug-likeness (QED) is 0.552. The van der Waals surface area contributed by atoms with Crippen molar-refractivity contribution in [3.8, 4) is 0 Å². The number of rotatable bonds is 4. The van der Waals surface area contributed by atoms with E-state index in [0.29, 0.717) is 6.61 Å². The molecule has 0 saturated heterocycles. The molecule has 74 valence electrons. The van der Waals surface area contributed by atoms with Crippen LogP contribution in [0.4, 0.5) is 0 Å². The molecule has 1 rings (SSSR count). The van der Waals surface area contributed by atoms with E-state index in [1.54, 1.807) is 14.1 Å². The fraction of sp³-hybridized carbons (Fsp3) is 0.333. The smallest absolute Gasteiger partial charge is 0.109 e. The Balaban J connectivity index is 0.00000144. The van der Waals surface area contributed by atoms with Crippen LogP contribution in [0, 0.1) is 0 Å². The highest BCUT2D eigenvalue weighted by Gasteiger charge is 1.92. The Morgan fingerprint density at radius 1 is 1.15 bits per heavy atom. The van der Waals surface area contributed by atoms with Crippen molar-refractivity contribution < 1.29 is 9.88 Å². The number of hydroxylamine groups is 2. The molecule has 0 aromatic heterocycles. The minimum Gasteiger partial charge on any atom is -0.213 e. The van der Waals surface area contributed by atoms with Crippen molar-refractivity contribution in [1.29, 1.82) is 0 Å². The molecule has 0 aliphatic carbocycles. The van der Waals surface area contributed by atoms with E-state index in [-0.39, 0.29) is 12.4 Å². The van der Waals surface area contributed by atoms with Crippen molar-refractivity contribution in [1.82, 2.24) is 5.06 Å². The summed E-state index contributed by atoms with van der Waals surface area (Å²) in [6, 6.07) is 9.87. The van der Waals surface area contributed by atoms with Gasteiger partial charge in [0.25, 0.3) is 0 Å². The second kappa shape index (κ2) is 6.86. The third-order valence-corrected chi connectivity index (χ3v) is 1.27. The van der Waals surface area contributed by atoms with Crippen molar-refractivity contribution in [2.45, 2.75) is 6.61 Å². The van der Waals surface area contributed by atoms with Gasteiger partial charge in [-0.25, -0.2) is 4.89 Å². The molecule has 0 N–H and O–H groups in total. The molecule has 4 heteroatoms. The SMILES string of the molecule is CN(C)OOCc1ccccc1.Cl. The lowest BCUT2D eigenvalue weighted by Gasteiger charge is -2.08. The lowest BCUT2D eigenvalue weighted by molar-refractivity contribution is -0.419. The molecule has 0 saturated carbocycles. The van der Waals surface area contributed by atoms with Crippen LogP contribution < -0.4 is 0 Å². The molecule has 3 nitrogen and oxygen atoms in total. The van der Waals surface area contributed by atoms with Gasteiger partial charge < -0.3 is 0 Å². The van der Waals surface area contributed by atoms with Crippen LogP contribution in [0.25, 0.3) is 0 Å². The molecule has 0 unspecified atom stereocenters. The first-order valence-corrected chi connectivity index (χ1v) is 3.80. The summed E-state index contributed by atoms with van der Waals surface area (Å²) in [6.07, 6.45) is 0. The van der Waals surface area contributed by atoms with E-state index in [2.05, 4.69) is 0 Å². The van der Waals surface area contributed by atoms with Crippen LogP contribution >= 0.6 is 12.4 Å². The normalized spacial score (nSPS) is 9.77. The van der Waals surface area contributed by atoms with E-state index in [1.165, 1.54) is 5.06 Å². The van der Waals surface area contributed by atoms with Crippen molar-refractivity contribution >= 4 is 12.4 Å². The zero-order valence-electron chi connectivity index (χ0n) is 7.77. The number of hydrogen-bond donors (Lipinski definition) is 0. The highest BCUT2D eigenvalue weighted by Crippen LogP contribution is 2.00. The number of nitrogens with zero attached hydrogens (tertiary/aromatic N) is 1. The fourth-order valence-corrected chi connectivity index (χ4v) is 0.774. The Morgan fingerprint density at radius 2 is 1.77 bits per heavy atom. The maximum Gasteiger partial charge on any atom is 0.109 e. The molecule has 0 spiro atoms. The summed E-state index contributed by atoms with van der Waals surface area (Å²) in [5.41, 5.74) is 1.10. The van der Waals surface area contributed by atoms with Crippen LogP contribution in [-0.2, 0) is 16.5 Å². The minimum absolute atomic E-state index is 0. The number of halogens is 1. The first-order valence-electron chi connectivity index (χ1n) is 3.80. The van der Waals surface area contributed by atoms with E-state index in [4.69, 9.17) is 9.88 Å². The molecule has 0 fully saturated rings. The van der Waals surface area contributed by atoms with Crippen LogP contribution in [0.1, 0.15) is 5.56 Å². The molecular formula is C9H14ClNO2. The van der Waals surface area contributed by atoms with E-state index in [0.717, 1.165) is 5.56 Å². The maximum atomic E-state index is 4.91. The Morgan fingerprint density at radius 3 is 2.31 bits per heavy atom. The van der Waals surface area contributed by atoms with Gasteiger partial charge in [0.2, 0.25) is 0 Å². The average molecular weight is 204 g/mol. The van der Waals surface area contributed by atoms with Gasteiger partial charge in [-0.05, 0) is 5.56 Å². The third-order valence-electron chi connectivity index (χ3n) is 1.27. The molecule has 0 radical (unpaired) electrons. The lowest BCUT2D eigenvalue weighted by atomic mass is 10.2. The van der Waals surface area contributed by atoms with E-state index < -0.39 is 0 Å². The Bertz CT molecular complexity index is 216. The predicted octanol–water partition coefficient (Wildman–Crippen LogP) is 2.03. The molecule has 0 aliphatic heterocycles. The highest BCUT2D eigenvalue weighted by atomic mass is 35.5. The molecule has 0 amide bonds. The van der Waals surface area contributed by atoms with Crippen LogP contribution in [0.5, 0.6) is 0 Å². The summed E-state index contributed by atoms with van der Waals surface area (Å²) in [6.45, 7) is 0.471. The monoisotopic (exact) mass is 203 g/mol. The Kier molecular flexibility index (Phi) is 6.54. The van der Waals surface area contributed by atoms with Gasteiger partial charge in [-0.2, -0.15) is 5.06 Å². The van der Waals surface area contributed by atoms with E-state index in [9.17, 15) is 0 Å². The van der Waals surface area contributed by atoms with Gasteiger partial charge >= 0.3 is 0 Å². The van der Waals surface area contributed by atoms with Gasteiger partial charge in [0.05, 0.1) is 0 Å². The Hall–Kier alpha value is -0.610. The van der Waals surface area contributed by atoms with Crippen LogP contribution in [0.15, 0.2) is 30.3 Å². The van der Waals surface area contributed by atoms with Crippen molar-refractivity contribution in [3.05, 3.63) is 35.9 Å². The molecular weight excluding hydrogens is 190 g/mol. The zero-order chi connectivity index (χ0) is 8.81. The Labute approximate surface area is 84.5 Å². The fourth-order valence-electron chi connectivity index (χ4n) is 0.774. The standard InChI is InChI=1S/C9H13NO2.ClH/c1-10(2)12-11-8-9-6-4-3-5-7-9;/h3-7H,8H2,1-2H3;1H. The molecule has 13 heavy (non-hydrogen) atoms. The summed E-state index contributed by atoms with van der Waals surface area (Å²) in [5.74, 6) is 0. The molecule has 0 atom stereocenters. The molecule has 0 aliphatic rings. The summed E-state index contributed by atoms with van der Waals surface area (Å²) < 4.78 is 0. The molecule has 1 aromatic carbocycles. The summed E-state index contributed by atoms with van der Waals surface area (Å²) in [5, 5.41) is 1.50. The number of hydrogen-bond acceptors (Lipinski definition) is 3. The molecule has 0 bridgehead atoms. The van der Waals surface area contributed by atoms with E-state index >= 15 is 0 Å². The van der Waals surface area contributed by atoms with Gasteiger partial charge in [0, 0.05) is 14.1 Å². The summed E-state index contributed by atoms with van der Waals surface area (Å²) in [7, 11) is 3.54. The van der Waals surface area contributed by atoms with Crippen molar-refractivity contribution in [2.24, 2.45) is 0 Å².